The fourth-order valence-corrected chi connectivity index (χ4v) is 4.99. The molecule has 15 heteroatoms. The molecule has 0 saturated heterocycles. The zero-order valence-corrected chi connectivity index (χ0v) is 25.5. The number of hydrogen-bond acceptors (Lipinski definition) is 6. The van der Waals surface area contributed by atoms with Crippen molar-refractivity contribution in [2.75, 3.05) is 32.6 Å². The SMILES string of the molecule is CNC(=O)N(C)Cc1ccccc1-c1ccc(N2CCc3c(C(N)=O)nn(-c4ccc(OC)cc4)c3C2=O)cc1.O=C(O)C(F)(F)F. The topological polar surface area (TPSA) is 160 Å². The van der Waals surface area contributed by atoms with Gasteiger partial charge in [-0.05, 0) is 59.5 Å². The Bertz CT molecular complexity index is 1790. The first-order valence-corrected chi connectivity index (χ1v) is 14.1. The Morgan fingerprint density at radius 1 is 1.02 bits per heavy atom. The van der Waals surface area contributed by atoms with Crippen LogP contribution in [0.1, 0.15) is 32.1 Å². The Balaban J connectivity index is 0.000000644. The van der Waals surface area contributed by atoms with Crippen LogP contribution in [0.5, 0.6) is 5.75 Å². The molecule has 0 spiro atoms. The number of nitrogens with two attached hydrogens (primary N) is 1. The van der Waals surface area contributed by atoms with Crippen molar-refractivity contribution >= 4 is 29.5 Å². The molecule has 2 heterocycles. The summed E-state index contributed by atoms with van der Waals surface area (Å²) in [6.45, 7) is 0.829. The van der Waals surface area contributed by atoms with Crippen LogP contribution < -0.4 is 20.7 Å². The highest BCUT2D eigenvalue weighted by Gasteiger charge is 2.38. The van der Waals surface area contributed by atoms with Crippen LogP contribution in [0.2, 0.25) is 0 Å². The van der Waals surface area contributed by atoms with Crippen molar-refractivity contribution in [3.05, 3.63) is 95.3 Å². The van der Waals surface area contributed by atoms with E-state index in [2.05, 4.69) is 10.4 Å². The number of aliphatic carboxylic acids is 1. The highest BCUT2D eigenvalue weighted by atomic mass is 19.4. The predicted molar refractivity (Wildman–Crippen MR) is 166 cm³/mol. The number of urea groups is 1. The van der Waals surface area contributed by atoms with Gasteiger partial charge in [-0.1, -0.05) is 36.4 Å². The second-order valence-electron chi connectivity index (χ2n) is 10.3. The number of alkyl halides is 3. The summed E-state index contributed by atoms with van der Waals surface area (Å²) in [6.07, 6.45) is -4.65. The molecule has 246 valence electrons. The van der Waals surface area contributed by atoms with Crippen LogP contribution in [0.25, 0.3) is 16.8 Å². The zero-order valence-electron chi connectivity index (χ0n) is 25.5. The van der Waals surface area contributed by atoms with Crippen molar-refractivity contribution < 1.29 is 42.2 Å². The number of hydrogen-bond donors (Lipinski definition) is 3. The lowest BCUT2D eigenvalue weighted by atomic mass is 9.98. The van der Waals surface area contributed by atoms with Crippen LogP contribution in [0, 0.1) is 0 Å². The maximum absolute atomic E-state index is 13.8. The van der Waals surface area contributed by atoms with Crippen LogP contribution in [-0.2, 0) is 17.8 Å². The number of anilines is 1. The third-order valence-corrected chi connectivity index (χ3v) is 7.28. The summed E-state index contributed by atoms with van der Waals surface area (Å²) in [5, 5.41) is 14.2. The molecule has 0 aliphatic carbocycles. The Morgan fingerprint density at radius 2 is 1.62 bits per heavy atom. The minimum atomic E-state index is -5.08. The van der Waals surface area contributed by atoms with Gasteiger partial charge in [0.05, 0.1) is 12.8 Å². The molecule has 12 nitrogen and oxygen atoms in total. The van der Waals surface area contributed by atoms with Crippen LogP contribution >= 0.6 is 0 Å². The lowest BCUT2D eigenvalue weighted by Crippen LogP contribution is -2.39. The molecular weight excluding hydrogens is 621 g/mol. The summed E-state index contributed by atoms with van der Waals surface area (Å²) >= 11 is 0. The lowest BCUT2D eigenvalue weighted by molar-refractivity contribution is -0.192. The molecule has 1 aliphatic rings. The van der Waals surface area contributed by atoms with E-state index in [0.29, 0.717) is 42.2 Å². The van der Waals surface area contributed by atoms with Gasteiger partial charge in [-0.25, -0.2) is 14.3 Å². The second-order valence-corrected chi connectivity index (χ2v) is 10.3. The average Bonchev–Trinajstić information content (AvgIpc) is 3.46. The van der Waals surface area contributed by atoms with Crippen molar-refractivity contribution in [2.45, 2.75) is 19.1 Å². The molecule has 1 aliphatic heterocycles. The Kier molecular flexibility index (Phi) is 10.2. The molecule has 0 radical (unpaired) electrons. The molecule has 47 heavy (non-hydrogen) atoms. The molecule has 4 N–H and O–H groups in total. The number of aromatic nitrogens is 2. The number of carbonyl (C=O) groups excluding carboxylic acids is 3. The molecule has 3 aromatic carbocycles. The van der Waals surface area contributed by atoms with Gasteiger partial charge in [0.15, 0.2) is 5.69 Å². The predicted octanol–water partition coefficient (Wildman–Crippen LogP) is 4.25. The number of carboxylic acid groups (broad SMARTS) is 1. The van der Waals surface area contributed by atoms with Gasteiger partial charge in [-0.3, -0.25) is 9.59 Å². The van der Waals surface area contributed by atoms with Crippen LogP contribution in [-0.4, -0.2) is 77.5 Å². The fourth-order valence-electron chi connectivity index (χ4n) is 4.99. The number of ether oxygens (including phenoxy) is 1. The largest absolute Gasteiger partial charge is 0.497 e. The Hall–Kier alpha value is -5.86. The van der Waals surface area contributed by atoms with Crippen molar-refractivity contribution in [3.63, 3.8) is 0 Å². The van der Waals surface area contributed by atoms with Gasteiger partial charge >= 0.3 is 18.2 Å². The molecule has 0 atom stereocenters. The molecule has 1 aromatic heterocycles. The van der Waals surface area contributed by atoms with E-state index >= 15 is 0 Å². The monoisotopic (exact) mass is 652 g/mol. The van der Waals surface area contributed by atoms with E-state index in [9.17, 15) is 27.6 Å². The van der Waals surface area contributed by atoms with Crippen LogP contribution in [0.15, 0.2) is 72.8 Å². The van der Waals surface area contributed by atoms with Crippen molar-refractivity contribution in [1.29, 1.82) is 0 Å². The zero-order chi connectivity index (χ0) is 34.5. The van der Waals surface area contributed by atoms with Crippen molar-refractivity contribution in [2.24, 2.45) is 5.73 Å². The number of halogens is 3. The van der Waals surface area contributed by atoms with Gasteiger partial charge in [-0.15, -0.1) is 0 Å². The van der Waals surface area contributed by atoms with Crippen LogP contribution in [0.4, 0.5) is 23.7 Å². The van der Waals surface area contributed by atoms with E-state index in [1.54, 1.807) is 55.3 Å². The lowest BCUT2D eigenvalue weighted by Gasteiger charge is -2.28. The molecule has 0 bridgehead atoms. The highest BCUT2D eigenvalue weighted by Crippen LogP contribution is 2.32. The third-order valence-electron chi connectivity index (χ3n) is 7.28. The highest BCUT2D eigenvalue weighted by molar-refractivity contribution is 6.09. The second kappa shape index (κ2) is 14.1. The summed E-state index contributed by atoms with van der Waals surface area (Å²) in [4.78, 5) is 50.2. The number of primary amides is 1. The first kappa shape index (κ1) is 34.0. The molecular formula is C32H31F3N6O6. The third kappa shape index (κ3) is 7.52. The molecule has 4 amide bonds. The molecule has 5 rings (SSSR count). The normalized spacial score (nSPS) is 12.4. The van der Waals surface area contributed by atoms with Gasteiger partial charge in [0, 0.05) is 38.4 Å². The van der Waals surface area contributed by atoms with E-state index in [-0.39, 0.29) is 17.6 Å². The molecule has 0 saturated carbocycles. The maximum Gasteiger partial charge on any atom is 0.490 e. The van der Waals surface area contributed by atoms with Crippen molar-refractivity contribution in [1.82, 2.24) is 20.0 Å². The quantitative estimate of drug-likeness (QED) is 0.269. The van der Waals surface area contributed by atoms with E-state index < -0.39 is 18.1 Å². The number of nitrogens with one attached hydrogen (secondary N) is 1. The van der Waals surface area contributed by atoms with Gasteiger partial charge < -0.3 is 30.7 Å². The molecule has 4 aromatic rings. The number of carbonyl (C=O) groups is 4. The first-order chi connectivity index (χ1) is 22.3. The van der Waals surface area contributed by atoms with Crippen molar-refractivity contribution in [3.8, 4) is 22.6 Å². The number of amides is 4. The van der Waals surface area contributed by atoms with E-state index in [1.807, 2.05) is 48.5 Å². The summed E-state index contributed by atoms with van der Waals surface area (Å²) in [6, 6.07) is 22.6. The number of nitrogens with zero attached hydrogens (tertiary/aromatic N) is 4. The number of rotatable bonds is 7. The number of carboxylic acids is 1. The summed E-state index contributed by atoms with van der Waals surface area (Å²) < 4.78 is 38.5. The van der Waals surface area contributed by atoms with E-state index in [4.69, 9.17) is 20.4 Å². The standard InChI is InChI=1S/C30H30N6O4.C2HF3O2/c1-32-30(39)34(2)18-20-6-4-5-7-24(20)19-8-10-21(11-9-19)35-17-16-25-26(28(31)37)33-36(27(25)29(35)38)22-12-14-23(40-3)15-13-22;3-2(4,5)1(6)7/h4-15H,16-18H2,1-3H3,(H2,31,37)(H,32,39);(H,6,7). The van der Waals surface area contributed by atoms with Crippen LogP contribution in [0.3, 0.4) is 0 Å². The van der Waals surface area contributed by atoms with Gasteiger partial charge in [0.25, 0.3) is 11.8 Å². The smallest absolute Gasteiger partial charge is 0.490 e. The number of fused-ring (bicyclic) bond motifs is 1. The fraction of sp³-hybridized carbons (Fsp3) is 0.219. The summed E-state index contributed by atoms with van der Waals surface area (Å²) in [5.74, 6) is -3.03. The van der Waals surface area contributed by atoms with Gasteiger partial charge in [0.2, 0.25) is 0 Å². The molecule has 0 fully saturated rings. The number of methoxy groups -OCH3 is 1. The van der Waals surface area contributed by atoms with E-state index in [1.165, 1.54) is 4.68 Å². The summed E-state index contributed by atoms with van der Waals surface area (Å²) in [5.41, 5.74) is 10.9. The minimum absolute atomic E-state index is 0.104. The first-order valence-electron chi connectivity index (χ1n) is 14.1. The maximum atomic E-state index is 13.8. The van der Waals surface area contributed by atoms with E-state index in [0.717, 1.165) is 22.4 Å². The Labute approximate surface area is 267 Å². The number of benzene rings is 3. The molecule has 0 unspecified atom stereocenters. The van der Waals surface area contributed by atoms with Gasteiger partial charge in [0.1, 0.15) is 11.4 Å². The van der Waals surface area contributed by atoms with Gasteiger partial charge in [-0.2, -0.15) is 18.3 Å². The Morgan fingerprint density at radius 3 is 2.17 bits per heavy atom. The summed E-state index contributed by atoms with van der Waals surface area (Å²) in [7, 11) is 4.92. The minimum Gasteiger partial charge on any atom is -0.497 e. The average molecular weight is 653 g/mol.